The Hall–Kier alpha value is -1.90. The monoisotopic (exact) mass is 394 g/mol. The number of hydrogen-bond donors (Lipinski definition) is 2. The summed E-state index contributed by atoms with van der Waals surface area (Å²) in [4.78, 5) is 4.33. The summed E-state index contributed by atoms with van der Waals surface area (Å²) in [5.41, 5.74) is 10.2. The van der Waals surface area contributed by atoms with E-state index in [9.17, 15) is 8.42 Å². The first-order valence-corrected chi connectivity index (χ1v) is 9.11. The fraction of sp³-hybridized carbons (Fsp3) is 0.133. The third kappa shape index (κ3) is 2.62. The maximum atomic E-state index is 11.8. The van der Waals surface area contributed by atoms with Gasteiger partial charge >= 0.3 is 0 Å². The second kappa shape index (κ2) is 5.33. The lowest BCUT2D eigenvalue weighted by atomic mass is 10.1. The smallest absolute Gasteiger partial charge is 0.239 e. The Labute approximate surface area is 142 Å². The van der Waals surface area contributed by atoms with E-state index in [1.165, 1.54) is 6.07 Å². The molecule has 0 spiro atoms. The predicted molar refractivity (Wildman–Crippen MR) is 94.0 cm³/mol. The highest BCUT2D eigenvalue weighted by atomic mass is 79.9. The van der Waals surface area contributed by atoms with Crippen LogP contribution < -0.4 is 10.9 Å². The fourth-order valence-corrected chi connectivity index (χ4v) is 4.32. The lowest BCUT2D eigenvalue weighted by Gasteiger charge is -2.13. The molecular formula is C15H15BrN4O2S. The van der Waals surface area contributed by atoms with Crippen LogP contribution in [-0.2, 0) is 10.0 Å². The van der Waals surface area contributed by atoms with Gasteiger partial charge in [-0.15, -0.1) is 0 Å². The molecule has 0 radical (unpaired) electrons. The number of para-hydroxylation sites is 1. The number of nitrogens with two attached hydrogens (primary N) is 2. The van der Waals surface area contributed by atoms with Gasteiger partial charge in [0, 0.05) is 4.47 Å². The van der Waals surface area contributed by atoms with Gasteiger partial charge in [-0.25, -0.2) is 18.5 Å². The molecule has 0 atom stereocenters. The first kappa shape index (κ1) is 16.0. The van der Waals surface area contributed by atoms with Gasteiger partial charge in [-0.1, -0.05) is 18.2 Å². The molecule has 0 saturated carbocycles. The molecule has 0 saturated heterocycles. The summed E-state index contributed by atoms with van der Waals surface area (Å²) in [5, 5.41) is 5.29. The minimum atomic E-state index is -3.86. The normalized spacial score (nSPS) is 12.0. The molecule has 3 aromatic rings. The summed E-state index contributed by atoms with van der Waals surface area (Å²) in [5.74, 6) is 0.288. The van der Waals surface area contributed by atoms with Gasteiger partial charge in [0.25, 0.3) is 0 Å². The van der Waals surface area contributed by atoms with E-state index in [2.05, 4.69) is 20.9 Å². The number of aromatic nitrogens is 2. The highest BCUT2D eigenvalue weighted by molar-refractivity contribution is 9.10. The number of nitrogen functional groups attached to an aromatic ring is 1. The summed E-state index contributed by atoms with van der Waals surface area (Å²) >= 11 is 3.22. The Kier molecular flexibility index (Phi) is 3.70. The van der Waals surface area contributed by atoms with Gasteiger partial charge in [0.05, 0.1) is 21.6 Å². The molecule has 3 rings (SSSR count). The third-order valence-electron chi connectivity index (χ3n) is 3.70. The highest BCUT2D eigenvalue weighted by Crippen LogP contribution is 2.32. The lowest BCUT2D eigenvalue weighted by molar-refractivity contribution is 0.597. The molecule has 8 heteroatoms. The summed E-state index contributed by atoms with van der Waals surface area (Å²) < 4.78 is 25.7. The molecule has 23 heavy (non-hydrogen) atoms. The standard InChI is InChI=1S/C15H15BrN4O2S/c1-8-4-3-5-9(2)14(8)20-12-7-13(23(18,21)22)10(16)6-11(12)19-15(20)17/h3-7H,1-2H3,(H2,17,19)(H2,18,21,22). The van der Waals surface area contributed by atoms with Crippen molar-refractivity contribution in [3.63, 3.8) is 0 Å². The van der Waals surface area contributed by atoms with Gasteiger partial charge in [-0.05, 0) is 53.0 Å². The first-order valence-electron chi connectivity index (χ1n) is 6.77. The number of anilines is 1. The molecule has 0 aliphatic heterocycles. The highest BCUT2D eigenvalue weighted by Gasteiger charge is 2.19. The van der Waals surface area contributed by atoms with E-state index in [0.29, 0.717) is 15.5 Å². The van der Waals surface area contributed by atoms with E-state index in [1.54, 1.807) is 10.6 Å². The number of hydrogen-bond acceptors (Lipinski definition) is 4. The second-order valence-corrected chi connectivity index (χ2v) is 7.75. The number of halogens is 1. The lowest BCUT2D eigenvalue weighted by Crippen LogP contribution is -2.13. The van der Waals surface area contributed by atoms with Crippen LogP contribution in [0, 0.1) is 13.8 Å². The van der Waals surface area contributed by atoms with Crippen LogP contribution in [0.3, 0.4) is 0 Å². The van der Waals surface area contributed by atoms with Crippen molar-refractivity contribution < 1.29 is 8.42 Å². The molecule has 120 valence electrons. The largest absolute Gasteiger partial charge is 0.369 e. The number of aryl methyl sites for hydroxylation is 2. The average molecular weight is 395 g/mol. The van der Waals surface area contributed by atoms with Crippen LogP contribution in [-0.4, -0.2) is 18.0 Å². The molecule has 0 amide bonds. The molecule has 1 aromatic heterocycles. The number of benzene rings is 2. The number of primary sulfonamides is 1. The Morgan fingerprint density at radius 3 is 2.35 bits per heavy atom. The predicted octanol–water partition coefficient (Wildman–Crippen LogP) is 2.63. The number of imidazole rings is 1. The van der Waals surface area contributed by atoms with Crippen molar-refractivity contribution in [1.82, 2.24) is 9.55 Å². The van der Waals surface area contributed by atoms with Gasteiger partial charge in [0.1, 0.15) is 0 Å². The van der Waals surface area contributed by atoms with Gasteiger partial charge < -0.3 is 5.73 Å². The molecule has 0 bridgehead atoms. The first-order chi connectivity index (χ1) is 10.7. The van der Waals surface area contributed by atoms with Crippen LogP contribution in [0.5, 0.6) is 0 Å². The minimum absolute atomic E-state index is 0.00242. The molecule has 0 aliphatic rings. The van der Waals surface area contributed by atoms with Crippen molar-refractivity contribution in [2.45, 2.75) is 18.7 Å². The van der Waals surface area contributed by atoms with E-state index in [1.807, 2.05) is 32.0 Å². The summed E-state index contributed by atoms with van der Waals surface area (Å²) in [7, 11) is -3.86. The number of rotatable bonds is 2. The quantitative estimate of drug-likeness (QED) is 0.696. The molecular weight excluding hydrogens is 380 g/mol. The molecule has 1 heterocycles. The maximum absolute atomic E-state index is 11.8. The van der Waals surface area contributed by atoms with Gasteiger partial charge in [-0.3, -0.25) is 4.57 Å². The minimum Gasteiger partial charge on any atom is -0.369 e. The Morgan fingerprint density at radius 2 is 1.78 bits per heavy atom. The van der Waals surface area contributed by atoms with E-state index in [4.69, 9.17) is 10.9 Å². The molecule has 0 unspecified atom stereocenters. The number of nitrogens with zero attached hydrogens (tertiary/aromatic N) is 2. The van der Waals surface area contributed by atoms with Gasteiger partial charge in [0.2, 0.25) is 16.0 Å². The average Bonchev–Trinajstić information content (AvgIpc) is 2.72. The molecule has 2 aromatic carbocycles. The van der Waals surface area contributed by atoms with E-state index < -0.39 is 10.0 Å². The summed E-state index contributed by atoms with van der Waals surface area (Å²) in [6.07, 6.45) is 0. The molecule has 4 N–H and O–H groups in total. The third-order valence-corrected chi connectivity index (χ3v) is 5.57. The zero-order chi connectivity index (χ0) is 16.9. The summed E-state index contributed by atoms with van der Waals surface area (Å²) in [6, 6.07) is 8.98. The van der Waals surface area contributed by atoms with Gasteiger partial charge in [-0.2, -0.15) is 0 Å². The zero-order valence-electron chi connectivity index (χ0n) is 12.5. The number of sulfonamides is 1. The Morgan fingerprint density at radius 1 is 1.17 bits per heavy atom. The molecule has 0 fully saturated rings. The number of fused-ring (bicyclic) bond motifs is 1. The van der Waals surface area contributed by atoms with Crippen molar-refractivity contribution in [3.8, 4) is 5.69 Å². The van der Waals surface area contributed by atoms with Crippen LogP contribution in [0.2, 0.25) is 0 Å². The molecule has 0 aliphatic carbocycles. The van der Waals surface area contributed by atoms with Gasteiger partial charge in [0.15, 0.2) is 0 Å². The summed E-state index contributed by atoms with van der Waals surface area (Å²) in [6.45, 7) is 3.93. The fourth-order valence-electron chi connectivity index (χ4n) is 2.71. The second-order valence-electron chi connectivity index (χ2n) is 5.36. The Balaban J connectivity index is 2.45. The van der Waals surface area contributed by atoms with Crippen LogP contribution in [0.15, 0.2) is 39.7 Å². The zero-order valence-corrected chi connectivity index (χ0v) is 14.9. The van der Waals surface area contributed by atoms with Crippen molar-refractivity contribution in [2.75, 3.05) is 5.73 Å². The van der Waals surface area contributed by atoms with Crippen molar-refractivity contribution in [2.24, 2.45) is 5.14 Å². The van der Waals surface area contributed by atoms with E-state index >= 15 is 0 Å². The van der Waals surface area contributed by atoms with Crippen molar-refractivity contribution in [3.05, 3.63) is 45.9 Å². The molecule has 6 nitrogen and oxygen atoms in total. The van der Waals surface area contributed by atoms with Crippen LogP contribution in [0.25, 0.3) is 16.7 Å². The van der Waals surface area contributed by atoms with Crippen LogP contribution in [0.1, 0.15) is 11.1 Å². The maximum Gasteiger partial charge on any atom is 0.239 e. The van der Waals surface area contributed by atoms with Crippen LogP contribution in [0.4, 0.5) is 5.95 Å². The SMILES string of the molecule is Cc1cccc(C)c1-n1c(N)nc2cc(Br)c(S(N)(=O)=O)cc21. The van der Waals surface area contributed by atoms with E-state index in [0.717, 1.165) is 16.8 Å². The van der Waals surface area contributed by atoms with Crippen molar-refractivity contribution in [1.29, 1.82) is 0 Å². The van der Waals surface area contributed by atoms with E-state index in [-0.39, 0.29) is 10.8 Å². The topological polar surface area (TPSA) is 104 Å². The van der Waals surface area contributed by atoms with Crippen LogP contribution >= 0.6 is 15.9 Å². The Bertz CT molecular complexity index is 1020. The van der Waals surface area contributed by atoms with Crippen molar-refractivity contribution >= 4 is 42.9 Å².